The summed E-state index contributed by atoms with van der Waals surface area (Å²) in [4.78, 5) is 29.7. The van der Waals surface area contributed by atoms with Crippen molar-refractivity contribution in [2.45, 2.75) is 46.3 Å². The summed E-state index contributed by atoms with van der Waals surface area (Å²) in [5.74, 6) is 1.30. The molecule has 0 bridgehead atoms. The molecule has 9 heteroatoms. The van der Waals surface area contributed by atoms with E-state index in [2.05, 4.69) is 35.9 Å². The Morgan fingerprint density at radius 2 is 1.68 bits per heavy atom. The van der Waals surface area contributed by atoms with Crippen molar-refractivity contribution in [1.82, 2.24) is 19.9 Å². The number of anilines is 4. The van der Waals surface area contributed by atoms with Crippen molar-refractivity contribution >= 4 is 29.4 Å². The maximum atomic E-state index is 12.1. The number of hydrogen-bond acceptors (Lipinski definition) is 8. The number of aromatic nitrogens is 4. The first kappa shape index (κ1) is 21.9. The second kappa shape index (κ2) is 9.38. The predicted octanol–water partition coefficient (Wildman–Crippen LogP) is 4.84. The highest BCUT2D eigenvalue weighted by Gasteiger charge is 2.17. The standard InChI is InChI=1S/C22H27N7O2/c1-14(2)24-19-27-18(28-20(29-19)25-16-9-11-23-12-10-16)15-7-6-8-17(13-15)26-21(30)31-22(3,4)5/h6-14H,1-5H3,(H,26,30)(H2,23,24,25,27,28,29). The van der Waals surface area contributed by atoms with Crippen molar-refractivity contribution in [1.29, 1.82) is 0 Å². The van der Waals surface area contributed by atoms with Gasteiger partial charge >= 0.3 is 6.09 Å². The average Bonchev–Trinajstić information content (AvgIpc) is 2.67. The molecule has 3 N–H and O–H groups in total. The molecule has 2 heterocycles. The number of benzene rings is 1. The van der Waals surface area contributed by atoms with Crippen LogP contribution >= 0.6 is 0 Å². The van der Waals surface area contributed by atoms with Crippen molar-refractivity contribution in [3.05, 3.63) is 48.8 Å². The van der Waals surface area contributed by atoms with Gasteiger partial charge in [-0.05, 0) is 58.9 Å². The minimum atomic E-state index is -0.582. The van der Waals surface area contributed by atoms with Gasteiger partial charge in [-0.15, -0.1) is 0 Å². The molecule has 3 aromatic rings. The summed E-state index contributed by atoms with van der Waals surface area (Å²) in [5.41, 5.74) is 1.53. The van der Waals surface area contributed by atoms with Crippen LogP contribution in [0.1, 0.15) is 34.6 Å². The number of nitrogens with one attached hydrogen (secondary N) is 3. The minimum absolute atomic E-state index is 0.143. The highest BCUT2D eigenvalue weighted by Crippen LogP contribution is 2.23. The molecule has 3 rings (SSSR count). The van der Waals surface area contributed by atoms with Crippen LogP contribution in [0.2, 0.25) is 0 Å². The Morgan fingerprint density at radius 3 is 2.35 bits per heavy atom. The number of ether oxygens (including phenoxy) is 1. The Balaban J connectivity index is 1.90. The fourth-order valence-electron chi connectivity index (χ4n) is 2.61. The van der Waals surface area contributed by atoms with Gasteiger partial charge in [-0.1, -0.05) is 12.1 Å². The van der Waals surface area contributed by atoms with E-state index < -0.39 is 11.7 Å². The minimum Gasteiger partial charge on any atom is -0.444 e. The van der Waals surface area contributed by atoms with Crippen LogP contribution in [0.3, 0.4) is 0 Å². The number of carbonyl (C=O) groups excluding carboxylic acids is 1. The molecule has 0 aliphatic rings. The number of rotatable bonds is 6. The van der Waals surface area contributed by atoms with Gasteiger partial charge in [0.25, 0.3) is 0 Å². The second-order valence-corrected chi connectivity index (χ2v) is 8.17. The van der Waals surface area contributed by atoms with Crippen molar-refractivity contribution in [3.63, 3.8) is 0 Å². The lowest BCUT2D eigenvalue weighted by Crippen LogP contribution is -2.27. The third-order valence-electron chi connectivity index (χ3n) is 3.76. The summed E-state index contributed by atoms with van der Waals surface area (Å²) in [6.07, 6.45) is 2.84. The first-order valence-electron chi connectivity index (χ1n) is 9.98. The number of hydrogen-bond donors (Lipinski definition) is 3. The number of pyridine rings is 1. The molecule has 0 saturated carbocycles. The molecule has 0 fully saturated rings. The van der Waals surface area contributed by atoms with E-state index in [-0.39, 0.29) is 6.04 Å². The highest BCUT2D eigenvalue weighted by molar-refractivity contribution is 5.86. The largest absolute Gasteiger partial charge is 0.444 e. The lowest BCUT2D eigenvalue weighted by Gasteiger charge is -2.19. The monoisotopic (exact) mass is 421 g/mol. The third-order valence-corrected chi connectivity index (χ3v) is 3.76. The first-order chi connectivity index (χ1) is 14.7. The van der Waals surface area contributed by atoms with E-state index >= 15 is 0 Å². The number of nitrogens with zero attached hydrogens (tertiary/aromatic N) is 4. The van der Waals surface area contributed by atoms with Crippen LogP contribution in [0.5, 0.6) is 0 Å². The number of carbonyl (C=O) groups is 1. The van der Waals surface area contributed by atoms with Crippen LogP contribution in [0, 0.1) is 0 Å². The van der Waals surface area contributed by atoms with Gasteiger partial charge in [-0.3, -0.25) is 10.3 Å². The molecule has 1 amide bonds. The molecule has 0 aliphatic carbocycles. The van der Waals surface area contributed by atoms with Gasteiger partial charge in [0.05, 0.1) is 0 Å². The quantitative estimate of drug-likeness (QED) is 0.518. The lowest BCUT2D eigenvalue weighted by atomic mass is 10.2. The van der Waals surface area contributed by atoms with E-state index in [4.69, 9.17) is 4.74 Å². The summed E-state index contributed by atoms with van der Waals surface area (Å²) in [5, 5.41) is 9.12. The summed E-state index contributed by atoms with van der Waals surface area (Å²) in [7, 11) is 0. The normalized spacial score (nSPS) is 11.2. The van der Waals surface area contributed by atoms with E-state index in [1.807, 2.05) is 58.9 Å². The van der Waals surface area contributed by atoms with Crippen LogP contribution in [0.25, 0.3) is 11.4 Å². The average molecular weight is 422 g/mol. The molecule has 9 nitrogen and oxygen atoms in total. The van der Waals surface area contributed by atoms with Crippen molar-refractivity contribution in [3.8, 4) is 11.4 Å². The molecule has 2 aromatic heterocycles. The van der Waals surface area contributed by atoms with Gasteiger partial charge < -0.3 is 15.4 Å². The first-order valence-corrected chi connectivity index (χ1v) is 9.98. The molecule has 1 aromatic carbocycles. The smallest absolute Gasteiger partial charge is 0.412 e. The molecule has 0 unspecified atom stereocenters. The summed E-state index contributed by atoms with van der Waals surface area (Å²) in [6.45, 7) is 9.45. The third kappa shape index (κ3) is 6.91. The van der Waals surface area contributed by atoms with Gasteiger partial charge in [0.1, 0.15) is 5.60 Å². The summed E-state index contributed by atoms with van der Waals surface area (Å²) < 4.78 is 5.32. The fraction of sp³-hybridized carbons (Fsp3) is 0.318. The van der Waals surface area contributed by atoms with Gasteiger partial charge in [-0.2, -0.15) is 15.0 Å². The molecule has 0 aliphatic heterocycles. The van der Waals surface area contributed by atoms with Crippen molar-refractivity contribution in [2.24, 2.45) is 0 Å². The number of amides is 1. The fourth-order valence-corrected chi connectivity index (χ4v) is 2.61. The summed E-state index contributed by atoms with van der Waals surface area (Å²) in [6, 6.07) is 11.0. The van der Waals surface area contributed by atoms with Crippen LogP contribution in [-0.4, -0.2) is 37.7 Å². The van der Waals surface area contributed by atoms with Crippen LogP contribution in [0.4, 0.5) is 28.1 Å². The van der Waals surface area contributed by atoms with E-state index in [9.17, 15) is 4.79 Å². The van der Waals surface area contributed by atoms with Crippen molar-refractivity contribution < 1.29 is 9.53 Å². The second-order valence-electron chi connectivity index (χ2n) is 8.17. The van der Waals surface area contributed by atoms with Crippen LogP contribution in [-0.2, 0) is 4.74 Å². The molecule has 31 heavy (non-hydrogen) atoms. The Kier molecular flexibility index (Phi) is 6.64. The molecule has 0 saturated heterocycles. The van der Waals surface area contributed by atoms with E-state index in [0.29, 0.717) is 23.4 Å². The maximum absolute atomic E-state index is 12.1. The van der Waals surface area contributed by atoms with Gasteiger partial charge in [-0.25, -0.2) is 4.79 Å². The predicted molar refractivity (Wildman–Crippen MR) is 121 cm³/mol. The summed E-state index contributed by atoms with van der Waals surface area (Å²) >= 11 is 0. The highest BCUT2D eigenvalue weighted by atomic mass is 16.6. The Bertz CT molecular complexity index is 1030. The van der Waals surface area contributed by atoms with Crippen LogP contribution in [0.15, 0.2) is 48.8 Å². The topological polar surface area (TPSA) is 114 Å². The zero-order valence-corrected chi connectivity index (χ0v) is 18.3. The lowest BCUT2D eigenvalue weighted by molar-refractivity contribution is 0.0636. The molecular weight excluding hydrogens is 394 g/mol. The molecular formula is C22H27N7O2. The molecule has 162 valence electrons. The van der Waals surface area contributed by atoms with Crippen molar-refractivity contribution in [2.75, 3.05) is 16.0 Å². The maximum Gasteiger partial charge on any atom is 0.412 e. The zero-order chi connectivity index (χ0) is 22.4. The van der Waals surface area contributed by atoms with E-state index in [1.54, 1.807) is 24.5 Å². The van der Waals surface area contributed by atoms with Gasteiger partial charge in [0.15, 0.2) is 5.82 Å². The SMILES string of the molecule is CC(C)Nc1nc(Nc2ccncc2)nc(-c2cccc(NC(=O)OC(C)(C)C)c2)n1. The van der Waals surface area contributed by atoms with Gasteiger partial charge in [0.2, 0.25) is 11.9 Å². The van der Waals surface area contributed by atoms with E-state index in [0.717, 1.165) is 11.3 Å². The Hall–Kier alpha value is -3.75. The Morgan fingerprint density at radius 1 is 0.968 bits per heavy atom. The Labute approximate surface area is 181 Å². The van der Waals surface area contributed by atoms with Gasteiger partial charge in [0, 0.05) is 35.4 Å². The molecule has 0 atom stereocenters. The molecule has 0 spiro atoms. The van der Waals surface area contributed by atoms with Crippen LogP contribution < -0.4 is 16.0 Å². The zero-order valence-electron chi connectivity index (χ0n) is 18.3. The van der Waals surface area contributed by atoms with E-state index in [1.165, 1.54) is 0 Å². The molecule has 0 radical (unpaired) electrons.